The molecule has 0 amide bonds. The average Bonchev–Trinajstić information content (AvgIpc) is 2.02. The zero-order valence-corrected chi connectivity index (χ0v) is 9.66. The Kier molecular flexibility index (Phi) is 3.14. The fraction of sp³-hybridized carbons (Fsp3) is 0.583. The van der Waals surface area contributed by atoms with Gasteiger partial charge in [0.05, 0.1) is 0 Å². The van der Waals surface area contributed by atoms with Crippen LogP contribution in [0.4, 0.5) is 0 Å². The first-order valence-electron chi connectivity index (χ1n) is 5.16. The molecule has 78 valence electrons. The van der Waals surface area contributed by atoms with Crippen LogP contribution in [0, 0.1) is 6.92 Å². The topological polar surface area (TPSA) is 22.0 Å². The lowest BCUT2D eigenvalue weighted by molar-refractivity contribution is 0.570. The van der Waals surface area contributed by atoms with Crippen molar-refractivity contribution in [2.45, 2.75) is 46.6 Å². The van der Waals surface area contributed by atoms with Crippen molar-refractivity contribution < 1.29 is 0 Å². The summed E-state index contributed by atoms with van der Waals surface area (Å²) in [6, 6.07) is 2.08. The second kappa shape index (κ2) is 3.99. The number of nitrogens with zero attached hydrogens (tertiary/aromatic N) is 1. The molecule has 0 aliphatic heterocycles. The highest BCUT2D eigenvalue weighted by molar-refractivity contribution is 5.23. The maximum atomic E-state index is 11.6. The first kappa shape index (κ1) is 11.0. The Morgan fingerprint density at radius 2 is 1.79 bits per heavy atom. The summed E-state index contributed by atoms with van der Waals surface area (Å²) in [5.74, 6) is 0.300. The van der Waals surface area contributed by atoms with Crippen LogP contribution in [0.3, 0.4) is 0 Å². The standard InChI is InChI=1S/C12H19NO/c1-8(2)12-10(5)13(9(3)4)7-6-11(12)14/h6-9H,1-5H3. The van der Waals surface area contributed by atoms with E-state index in [1.807, 2.05) is 13.1 Å². The molecule has 0 aliphatic rings. The van der Waals surface area contributed by atoms with E-state index in [2.05, 4.69) is 32.3 Å². The predicted molar refractivity (Wildman–Crippen MR) is 59.9 cm³/mol. The minimum atomic E-state index is 0.161. The van der Waals surface area contributed by atoms with Gasteiger partial charge >= 0.3 is 0 Å². The van der Waals surface area contributed by atoms with Gasteiger partial charge in [0.25, 0.3) is 0 Å². The summed E-state index contributed by atoms with van der Waals surface area (Å²) < 4.78 is 2.15. The van der Waals surface area contributed by atoms with E-state index < -0.39 is 0 Å². The Morgan fingerprint density at radius 3 is 2.21 bits per heavy atom. The van der Waals surface area contributed by atoms with Gasteiger partial charge in [-0.25, -0.2) is 0 Å². The quantitative estimate of drug-likeness (QED) is 0.708. The summed E-state index contributed by atoms with van der Waals surface area (Å²) in [6.45, 7) is 10.4. The van der Waals surface area contributed by atoms with Crippen LogP contribution in [-0.2, 0) is 0 Å². The number of pyridine rings is 1. The van der Waals surface area contributed by atoms with Gasteiger partial charge in [-0.1, -0.05) is 13.8 Å². The van der Waals surface area contributed by atoms with Gasteiger partial charge in [-0.3, -0.25) is 4.79 Å². The van der Waals surface area contributed by atoms with E-state index in [0.29, 0.717) is 12.0 Å². The zero-order chi connectivity index (χ0) is 10.9. The minimum absolute atomic E-state index is 0.161. The molecule has 0 bridgehead atoms. The normalized spacial score (nSPS) is 11.4. The summed E-state index contributed by atoms with van der Waals surface area (Å²) in [7, 11) is 0. The van der Waals surface area contributed by atoms with Crippen molar-refractivity contribution in [3.8, 4) is 0 Å². The predicted octanol–water partition coefficient (Wildman–Crippen LogP) is 2.86. The Hall–Kier alpha value is -1.05. The van der Waals surface area contributed by atoms with Gasteiger partial charge in [0.15, 0.2) is 5.43 Å². The molecule has 0 atom stereocenters. The largest absolute Gasteiger partial charge is 0.349 e. The van der Waals surface area contributed by atoms with E-state index in [1.54, 1.807) is 6.07 Å². The van der Waals surface area contributed by atoms with Gasteiger partial charge in [-0.05, 0) is 26.7 Å². The van der Waals surface area contributed by atoms with Crippen LogP contribution in [0.1, 0.15) is 50.9 Å². The van der Waals surface area contributed by atoms with Crippen LogP contribution in [0.15, 0.2) is 17.1 Å². The molecule has 0 spiro atoms. The molecule has 0 saturated carbocycles. The van der Waals surface area contributed by atoms with Crippen LogP contribution in [0.2, 0.25) is 0 Å². The third-order valence-corrected chi connectivity index (χ3v) is 2.56. The first-order chi connectivity index (χ1) is 6.45. The molecule has 1 aromatic heterocycles. The average molecular weight is 193 g/mol. The highest BCUT2D eigenvalue weighted by Gasteiger charge is 2.11. The Bertz CT molecular complexity index is 374. The molecule has 0 radical (unpaired) electrons. The highest BCUT2D eigenvalue weighted by atomic mass is 16.1. The second-order valence-electron chi connectivity index (χ2n) is 4.33. The fourth-order valence-corrected chi connectivity index (χ4v) is 1.93. The molecule has 2 heteroatoms. The van der Waals surface area contributed by atoms with Gasteiger partial charge in [0.2, 0.25) is 0 Å². The van der Waals surface area contributed by atoms with Crippen molar-refractivity contribution >= 4 is 0 Å². The Morgan fingerprint density at radius 1 is 1.21 bits per heavy atom. The van der Waals surface area contributed by atoms with Crippen LogP contribution in [0.5, 0.6) is 0 Å². The van der Waals surface area contributed by atoms with E-state index in [4.69, 9.17) is 0 Å². The summed E-state index contributed by atoms with van der Waals surface area (Å²) in [4.78, 5) is 11.6. The van der Waals surface area contributed by atoms with Crippen molar-refractivity contribution in [3.05, 3.63) is 33.7 Å². The van der Waals surface area contributed by atoms with Crippen molar-refractivity contribution in [2.24, 2.45) is 0 Å². The third-order valence-electron chi connectivity index (χ3n) is 2.56. The number of aromatic nitrogens is 1. The van der Waals surface area contributed by atoms with Gasteiger partial charge in [0.1, 0.15) is 0 Å². The summed E-state index contributed by atoms with van der Waals surface area (Å²) in [5, 5.41) is 0. The van der Waals surface area contributed by atoms with Gasteiger partial charge in [-0.15, -0.1) is 0 Å². The third kappa shape index (κ3) is 1.89. The maximum absolute atomic E-state index is 11.6. The Balaban J connectivity index is 3.41. The smallest absolute Gasteiger partial charge is 0.185 e. The maximum Gasteiger partial charge on any atom is 0.185 e. The molecule has 0 fully saturated rings. The molecule has 0 aliphatic carbocycles. The van der Waals surface area contributed by atoms with Gasteiger partial charge in [-0.2, -0.15) is 0 Å². The molecule has 14 heavy (non-hydrogen) atoms. The molecule has 0 saturated heterocycles. The molecule has 0 N–H and O–H groups in total. The lowest BCUT2D eigenvalue weighted by Crippen LogP contribution is -2.18. The molecule has 0 aromatic carbocycles. The van der Waals surface area contributed by atoms with E-state index in [-0.39, 0.29) is 5.43 Å². The molecule has 1 heterocycles. The first-order valence-corrected chi connectivity index (χ1v) is 5.16. The van der Waals surface area contributed by atoms with E-state index >= 15 is 0 Å². The van der Waals surface area contributed by atoms with Crippen LogP contribution in [-0.4, -0.2) is 4.57 Å². The monoisotopic (exact) mass is 193 g/mol. The van der Waals surface area contributed by atoms with E-state index in [1.165, 1.54) is 0 Å². The van der Waals surface area contributed by atoms with Crippen molar-refractivity contribution in [3.63, 3.8) is 0 Å². The summed E-state index contributed by atoms with van der Waals surface area (Å²) in [6.07, 6.45) is 1.88. The zero-order valence-electron chi connectivity index (χ0n) is 9.66. The Labute approximate surface area is 85.6 Å². The van der Waals surface area contributed by atoms with Crippen molar-refractivity contribution in [2.75, 3.05) is 0 Å². The van der Waals surface area contributed by atoms with Crippen molar-refractivity contribution in [1.29, 1.82) is 0 Å². The van der Waals surface area contributed by atoms with Gasteiger partial charge in [0, 0.05) is 29.6 Å². The lowest BCUT2D eigenvalue weighted by atomic mass is 10.0. The number of hydrogen-bond acceptors (Lipinski definition) is 1. The highest BCUT2D eigenvalue weighted by Crippen LogP contribution is 2.17. The fourth-order valence-electron chi connectivity index (χ4n) is 1.93. The van der Waals surface area contributed by atoms with E-state index in [9.17, 15) is 4.79 Å². The molecule has 2 nitrogen and oxygen atoms in total. The number of rotatable bonds is 2. The van der Waals surface area contributed by atoms with E-state index in [0.717, 1.165) is 11.3 Å². The van der Waals surface area contributed by atoms with Gasteiger partial charge < -0.3 is 4.57 Å². The van der Waals surface area contributed by atoms with Crippen LogP contribution >= 0.6 is 0 Å². The van der Waals surface area contributed by atoms with Crippen molar-refractivity contribution in [1.82, 2.24) is 4.57 Å². The molecular formula is C12H19NO. The summed E-state index contributed by atoms with van der Waals surface area (Å²) in [5.41, 5.74) is 2.21. The summed E-state index contributed by atoms with van der Waals surface area (Å²) >= 11 is 0. The lowest BCUT2D eigenvalue weighted by Gasteiger charge is -2.18. The molecule has 1 rings (SSSR count). The second-order valence-corrected chi connectivity index (χ2v) is 4.33. The molecular weight excluding hydrogens is 174 g/mol. The SMILES string of the molecule is Cc1c(C(C)C)c(=O)ccn1C(C)C. The molecule has 1 aromatic rings. The minimum Gasteiger partial charge on any atom is -0.349 e. The van der Waals surface area contributed by atoms with Crippen LogP contribution in [0.25, 0.3) is 0 Å². The number of hydrogen-bond donors (Lipinski definition) is 0. The molecule has 0 unspecified atom stereocenters. The van der Waals surface area contributed by atoms with Crippen LogP contribution < -0.4 is 5.43 Å².